The summed E-state index contributed by atoms with van der Waals surface area (Å²) in [5.41, 5.74) is 0. The van der Waals surface area contributed by atoms with Crippen LogP contribution in [0.4, 0.5) is 0 Å². The smallest absolute Gasteiger partial charge is 0.340 e. The number of hydrogen-bond donors (Lipinski definition) is 1. The normalized spacial score (nSPS) is 12.4. The van der Waals surface area contributed by atoms with E-state index >= 15 is 0 Å². The second-order valence-electron chi connectivity index (χ2n) is 1.86. The number of nitroso groups, excluding NO2 is 1. The van der Waals surface area contributed by atoms with Gasteiger partial charge in [-0.2, -0.15) is 0 Å². The first kappa shape index (κ1) is 7.46. The molecular formula is C6H5NO4. The fourth-order valence-electron chi connectivity index (χ4n) is 0.666. The van der Waals surface area contributed by atoms with Crippen LogP contribution in [-0.2, 0) is 4.79 Å². The van der Waals surface area contributed by atoms with Crippen LogP contribution >= 0.6 is 0 Å². The molecule has 0 amide bonds. The van der Waals surface area contributed by atoms with Crippen LogP contribution in [0.5, 0.6) is 0 Å². The van der Waals surface area contributed by atoms with Crippen molar-refractivity contribution >= 4 is 5.97 Å². The van der Waals surface area contributed by atoms with Crippen molar-refractivity contribution in [3.8, 4) is 0 Å². The van der Waals surface area contributed by atoms with Gasteiger partial charge in [-0.1, -0.05) is 0 Å². The molecule has 1 rings (SSSR count). The lowest BCUT2D eigenvalue weighted by molar-refractivity contribution is -0.139. The van der Waals surface area contributed by atoms with Gasteiger partial charge in [0.25, 0.3) is 0 Å². The maximum atomic E-state index is 10.3. The standard InChI is InChI=1S/C6H5NO4/c8-6(9)5(7-10)4-2-1-3-11-4/h1-3,5H,(H,8,9). The lowest BCUT2D eigenvalue weighted by atomic mass is 10.2. The molecule has 58 valence electrons. The van der Waals surface area contributed by atoms with Crippen LogP contribution in [0.15, 0.2) is 28.0 Å². The molecule has 0 saturated carbocycles. The third-order valence-electron chi connectivity index (χ3n) is 1.15. The highest BCUT2D eigenvalue weighted by atomic mass is 16.4. The third kappa shape index (κ3) is 1.43. The maximum Gasteiger partial charge on any atom is 0.340 e. The Labute approximate surface area is 61.6 Å². The van der Waals surface area contributed by atoms with E-state index in [0.29, 0.717) is 0 Å². The molecule has 0 aliphatic carbocycles. The molecule has 1 heterocycles. The van der Waals surface area contributed by atoms with Crippen molar-refractivity contribution in [3.05, 3.63) is 29.1 Å². The fraction of sp³-hybridized carbons (Fsp3) is 0.167. The van der Waals surface area contributed by atoms with E-state index in [1.54, 1.807) is 0 Å². The molecule has 1 aromatic heterocycles. The van der Waals surface area contributed by atoms with E-state index < -0.39 is 12.0 Å². The zero-order valence-corrected chi connectivity index (χ0v) is 5.43. The molecule has 0 saturated heterocycles. The van der Waals surface area contributed by atoms with Crippen LogP contribution in [0.3, 0.4) is 0 Å². The molecule has 1 N–H and O–H groups in total. The van der Waals surface area contributed by atoms with Crippen molar-refractivity contribution in [1.29, 1.82) is 0 Å². The molecule has 0 aliphatic heterocycles. The van der Waals surface area contributed by atoms with Gasteiger partial charge in [-0.3, -0.25) is 0 Å². The minimum absolute atomic E-state index is 0.0486. The first-order valence-corrected chi connectivity index (χ1v) is 2.84. The molecule has 0 aromatic carbocycles. The Bertz CT molecular complexity index is 254. The molecule has 1 aromatic rings. The molecule has 0 radical (unpaired) electrons. The highest BCUT2D eigenvalue weighted by Crippen LogP contribution is 2.16. The lowest BCUT2D eigenvalue weighted by Gasteiger charge is -1.96. The molecule has 11 heavy (non-hydrogen) atoms. The van der Waals surface area contributed by atoms with Gasteiger partial charge < -0.3 is 9.52 Å². The van der Waals surface area contributed by atoms with E-state index in [1.165, 1.54) is 18.4 Å². The van der Waals surface area contributed by atoms with Gasteiger partial charge in [-0.25, -0.2) is 4.79 Å². The number of aliphatic carboxylic acids is 1. The van der Waals surface area contributed by atoms with Crippen LogP contribution < -0.4 is 0 Å². The largest absolute Gasteiger partial charge is 0.479 e. The van der Waals surface area contributed by atoms with Crippen molar-refractivity contribution in [2.24, 2.45) is 5.18 Å². The summed E-state index contributed by atoms with van der Waals surface area (Å²) in [5, 5.41) is 10.8. The second-order valence-corrected chi connectivity index (χ2v) is 1.86. The number of furan rings is 1. The predicted molar refractivity (Wildman–Crippen MR) is 34.9 cm³/mol. The Hall–Kier alpha value is -1.65. The number of rotatable bonds is 3. The van der Waals surface area contributed by atoms with Crippen LogP contribution in [0.25, 0.3) is 0 Å². The molecule has 5 nitrogen and oxygen atoms in total. The van der Waals surface area contributed by atoms with E-state index in [1.807, 2.05) is 0 Å². The zero-order valence-electron chi connectivity index (χ0n) is 5.43. The minimum Gasteiger partial charge on any atom is -0.479 e. The number of carboxylic acids is 1. The molecule has 0 fully saturated rings. The van der Waals surface area contributed by atoms with E-state index in [2.05, 4.69) is 9.59 Å². The fourth-order valence-corrected chi connectivity index (χ4v) is 0.666. The summed E-state index contributed by atoms with van der Waals surface area (Å²) in [6.07, 6.45) is 1.29. The molecule has 0 bridgehead atoms. The van der Waals surface area contributed by atoms with Gasteiger partial charge in [0.1, 0.15) is 5.76 Å². The number of hydrogen-bond acceptors (Lipinski definition) is 4. The molecule has 0 spiro atoms. The van der Waals surface area contributed by atoms with Gasteiger partial charge >= 0.3 is 5.97 Å². The minimum atomic E-state index is -1.43. The highest BCUT2D eigenvalue weighted by molar-refractivity contribution is 5.74. The molecule has 0 aliphatic rings. The van der Waals surface area contributed by atoms with E-state index in [-0.39, 0.29) is 5.76 Å². The van der Waals surface area contributed by atoms with Crippen molar-refractivity contribution in [2.45, 2.75) is 6.04 Å². The topological polar surface area (TPSA) is 79.9 Å². The monoisotopic (exact) mass is 155 g/mol. The highest BCUT2D eigenvalue weighted by Gasteiger charge is 2.22. The Balaban J connectivity index is 2.88. The summed E-state index contributed by atoms with van der Waals surface area (Å²) in [7, 11) is 0. The number of carbonyl (C=O) groups is 1. The van der Waals surface area contributed by atoms with Gasteiger partial charge in [0.2, 0.25) is 6.04 Å². The van der Waals surface area contributed by atoms with Gasteiger partial charge in [-0.05, 0) is 17.3 Å². The van der Waals surface area contributed by atoms with Gasteiger partial charge in [0, 0.05) is 0 Å². The van der Waals surface area contributed by atoms with Crippen molar-refractivity contribution in [2.75, 3.05) is 0 Å². The van der Waals surface area contributed by atoms with E-state index in [0.717, 1.165) is 0 Å². The van der Waals surface area contributed by atoms with Crippen molar-refractivity contribution in [3.63, 3.8) is 0 Å². The van der Waals surface area contributed by atoms with Gasteiger partial charge in [0.15, 0.2) is 0 Å². The van der Waals surface area contributed by atoms with E-state index in [4.69, 9.17) is 5.11 Å². The Morgan fingerprint density at radius 2 is 2.45 bits per heavy atom. The van der Waals surface area contributed by atoms with Crippen LogP contribution in [-0.4, -0.2) is 11.1 Å². The quantitative estimate of drug-likeness (QED) is 0.664. The first-order chi connectivity index (χ1) is 5.25. The Morgan fingerprint density at radius 1 is 1.73 bits per heavy atom. The van der Waals surface area contributed by atoms with Crippen LogP contribution in [0.1, 0.15) is 11.8 Å². The summed E-state index contributed by atoms with van der Waals surface area (Å²) >= 11 is 0. The molecule has 1 atom stereocenters. The van der Waals surface area contributed by atoms with Crippen LogP contribution in [0, 0.1) is 4.91 Å². The zero-order chi connectivity index (χ0) is 8.27. The summed E-state index contributed by atoms with van der Waals surface area (Å²) in [4.78, 5) is 20.2. The molecule has 1 unspecified atom stereocenters. The summed E-state index contributed by atoms with van der Waals surface area (Å²) < 4.78 is 4.67. The Morgan fingerprint density at radius 3 is 2.82 bits per heavy atom. The SMILES string of the molecule is O=NC(C(=O)O)c1ccco1. The Kier molecular flexibility index (Phi) is 2.00. The predicted octanol–water partition coefficient (Wildman–Crippen LogP) is 1.17. The number of nitrogens with zero attached hydrogens (tertiary/aromatic N) is 1. The third-order valence-corrected chi connectivity index (χ3v) is 1.15. The number of carboxylic acid groups (broad SMARTS) is 1. The first-order valence-electron chi connectivity index (χ1n) is 2.84. The molecule has 5 heteroatoms. The summed E-state index contributed by atoms with van der Waals surface area (Å²) in [6, 6.07) is 1.46. The van der Waals surface area contributed by atoms with Crippen LogP contribution in [0.2, 0.25) is 0 Å². The summed E-state index contributed by atoms with van der Waals surface area (Å²) in [5.74, 6) is -1.26. The lowest BCUT2D eigenvalue weighted by Crippen LogP contribution is -2.06. The average molecular weight is 155 g/mol. The molecular weight excluding hydrogens is 150 g/mol. The average Bonchev–Trinajstić information content (AvgIpc) is 2.40. The van der Waals surface area contributed by atoms with Gasteiger partial charge in [-0.15, -0.1) is 4.91 Å². The maximum absolute atomic E-state index is 10.3. The van der Waals surface area contributed by atoms with Crippen molar-refractivity contribution < 1.29 is 14.3 Å². The van der Waals surface area contributed by atoms with E-state index in [9.17, 15) is 9.70 Å². The van der Waals surface area contributed by atoms with Crippen molar-refractivity contribution in [1.82, 2.24) is 0 Å². The second kappa shape index (κ2) is 2.96. The van der Waals surface area contributed by atoms with Gasteiger partial charge in [0.05, 0.1) is 6.26 Å². The summed E-state index contributed by atoms with van der Waals surface area (Å²) in [6.45, 7) is 0.